The van der Waals surface area contributed by atoms with Crippen molar-refractivity contribution in [2.45, 2.75) is 32.2 Å². The summed E-state index contributed by atoms with van der Waals surface area (Å²) >= 11 is 1.45. The molecule has 0 radical (unpaired) electrons. The van der Waals surface area contributed by atoms with Gasteiger partial charge in [0, 0.05) is 11.4 Å². The van der Waals surface area contributed by atoms with Gasteiger partial charge in [0.1, 0.15) is 6.04 Å². The SMILES string of the molecule is Cc1ccc(C(=O)N[C@@H]2CCCCNC2=O)s1. The second-order valence-electron chi connectivity index (χ2n) is 4.22. The maximum atomic E-state index is 11.9. The van der Waals surface area contributed by atoms with Crippen molar-refractivity contribution in [3.8, 4) is 0 Å². The third-order valence-corrected chi connectivity index (χ3v) is 3.80. The van der Waals surface area contributed by atoms with E-state index in [-0.39, 0.29) is 17.9 Å². The monoisotopic (exact) mass is 252 g/mol. The highest BCUT2D eigenvalue weighted by atomic mass is 32.1. The standard InChI is InChI=1S/C12H16N2O2S/c1-8-5-6-10(17-8)12(16)14-9-4-2-3-7-13-11(9)15/h5-6,9H,2-4,7H2,1H3,(H,13,15)(H,14,16)/t9-/m1/s1. The first-order valence-corrected chi connectivity index (χ1v) is 6.63. The summed E-state index contributed by atoms with van der Waals surface area (Å²) in [7, 11) is 0. The summed E-state index contributed by atoms with van der Waals surface area (Å²) in [6.07, 6.45) is 2.67. The van der Waals surface area contributed by atoms with Gasteiger partial charge in [-0.05, 0) is 38.3 Å². The van der Waals surface area contributed by atoms with E-state index in [0.717, 1.165) is 24.1 Å². The lowest BCUT2D eigenvalue weighted by atomic mass is 10.1. The van der Waals surface area contributed by atoms with Gasteiger partial charge in [0.15, 0.2) is 0 Å². The molecular formula is C12H16N2O2S. The molecule has 1 atom stereocenters. The lowest BCUT2D eigenvalue weighted by molar-refractivity contribution is -0.122. The van der Waals surface area contributed by atoms with E-state index in [2.05, 4.69) is 10.6 Å². The van der Waals surface area contributed by atoms with Crippen molar-refractivity contribution in [2.24, 2.45) is 0 Å². The second-order valence-corrected chi connectivity index (χ2v) is 5.51. The largest absolute Gasteiger partial charge is 0.354 e. The molecule has 1 aromatic rings. The minimum Gasteiger partial charge on any atom is -0.354 e. The van der Waals surface area contributed by atoms with E-state index in [1.807, 2.05) is 13.0 Å². The predicted octanol–water partition coefficient (Wildman–Crippen LogP) is 1.46. The first-order valence-electron chi connectivity index (χ1n) is 5.82. The van der Waals surface area contributed by atoms with E-state index in [1.54, 1.807) is 6.07 Å². The zero-order valence-electron chi connectivity index (χ0n) is 9.79. The van der Waals surface area contributed by atoms with Crippen LogP contribution in [0, 0.1) is 6.92 Å². The molecular weight excluding hydrogens is 236 g/mol. The van der Waals surface area contributed by atoms with Crippen LogP contribution in [0.2, 0.25) is 0 Å². The fourth-order valence-electron chi connectivity index (χ4n) is 1.86. The maximum absolute atomic E-state index is 11.9. The van der Waals surface area contributed by atoms with Gasteiger partial charge in [-0.2, -0.15) is 0 Å². The van der Waals surface area contributed by atoms with Crippen LogP contribution in [0.3, 0.4) is 0 Å². The van der Waals surface area contributed by atoms with Gasteiger partial charge in [-0.3, -0.25) is 9.59 Å². The number of carbonyl (C=O) groups excluding carboxylic acids is 2. The molecule has 4 nitrogen and oxygen atoms in total. The van der Waals surface area contributed by atoms with Gasteiger partial charge in [-0.1, -0.05) is 0 Å². The zero-order chi connectivity index (χ0) is 12.3. The van der Waals surface area contributed by atoms with Crippen LogP contribution in [-0.2, 0) is 4.79 Å². The van der Waals surface area contributed by atoms with E-state index >= 15 is 0 Å². The molecule has 0 spiro atoms. The number of aryl methyl sites for hydroxylation is 1. The second kappa shape index (κ2) is 5.31. The molecule has 2 N–H and O–H groups in total. The van der Waals surface area contributed by atoms with Crippen LogP contribution >= 0.6 is 11.3 Å². The van der Waals surface area contributed by atoms with E-state index < -0.39 is 0 Å². The highest BCUT2D eigenvalue weighted by Gasteiger charge is 2.23. The number of nitrogens with one attached hydrogen (secondary N) is 2. The molecule has 1 aromatic heterocycles. The molecule has 0 unspecified atom stereocenters. The normalized spacial score (nSPS) is 20.5. The van der Waals surface area contributed by atoms with Crippen molar-refractivity contribution >= 4 is 23.2 Å². The molecule has 0 aliphatic carbocycles. The lowest BCUT2D eigenvalue weighted by Crippen LogP contribution is -2.45. The maximum Gasteiger partial charge on any atom is 0.262 e. The van der Waals surface area contributed by atoms with Gasteiger partial charge in [0.05, 0.1) is 4.88 Å². The van der Waals surface area contributed by atoms with Gasteiger partial charge in [0.25, 0.3) is 5.91 Å². The Labute approximate surface area is 104 Å². The van der Waals surface area contributed by atoms with Crippen molar-refractivity contribution in [3.63, 3.8) is 0 Å². The van der Waals surface area contributed by atoms with Gasteiger partial charge in [0.2, 0.25) is 5.91 Å². The van der Waals surface area contributed by atoms with Gasteiger partial charge < -0.3 is 10.6 Å². The molecule has 1 saturated heterocycles. The number of hydrogen-bond acceptors (Lipinski definition) is 3. The van der Waals surface area contributed by atoms with Crippen LogP contribution in [0.15, 0.2) is 12.1 Å². The molecule has 17 heavy (non-hydrogen) atoms. The van der Waals surface area contributed by atoms with Gasteiger partial charge in [-0.15, -0.1) is 11.3 Å². The number of rotatable bonds is 2. The van der Waals surface area contributed by atoms with Crippen molar-refractivity contribution in [1.82, 2.24) is 10.6 Å². The van der Waals surface area contributed by atoms with Crippen molar-refractivity contribution in [2.75, 3.05) is 6.54 Å². The Morgan fingerprint density at radius 3 is 3.00 bits per heavy atom. The topological polar surface area (TPSA) is 58.2 Å². The summed E-state index contributed by atoms with van der Waals surface area (Å²) in [6.45, 7) is 2.67. The molecule has 1 aliphatic rings. The van der Waals surface area contributed by atoms with Crippen LogP contribution < -0.4 is 10.6 Å². The van der Waals surface area contributed by atoms with Crippen LogP contribution in [0.1, 0.15) is 33.8 Å². The highest BCUT2D eigenvalue weighted by Crippen LogP contribution is 2.15. The summed E-state index contributed by atoms with van der Waals surface area (Å²) in [6, 6.07) is 3.32. The molecule has 2 rings (SSSR count). The lowest BCUT2D eigenvalue weighted by Gasteiger charge is -2.14. The Balaban J connectivity index is 1.99. The van der Waals surface area contributed by atoms with Crippen molar-refractivity contribution in [1.29, 1.82) is 0 Å². The summed E-state index contributed by atoms with van der Waals surface area (Å²) in [5.74, 6) is -0.214. The van der Waals surface area contributed by atoms with Crippen molar-refractivity contribution < 1.29 is 9.59 Å². The quantitative estimate of drug-likeness (QED) is 0.837. The van der Waals surface area contributed by atoms with Crippen LogP contribution in [0.4, 0.5) is 0 Å². The smallest absolute Gasteiger partial charge is 0.262 e. The zero-order valence-corrected chi connectivity index (χ0v) is 10.6. The fraction of sp³-hybridized carbons (Fsp3) is 0.500. The summed E-state index contributed by atoms with van der Waals surface area (Å²) in [5.41, 5.74) is 0. The number of hydrogen-bond donors (Lipinski definition) is 2. The van der Waals surface area contributed by atoms with Crippen LogP contribution in [0.25, 0.3) is 0 Å². The highest BCUT2D eigenvalue weighted by molar-refractivity contribution is 7.13. The van der Waals surface area contributed by atoms with Crippen LogP contribution in [0.5, 0.6) is 0 Å². The minimum absolute atomic E-state index is 0.0656. The Bertz CT molecular complexity index is 428. The molecule has 0 aromatic carbocycles. The molecule has 2 amide bonds. The Kier molecular flexibility index (Phi) is 3.78. The average molecular weight is 252 g/mol. The predicted molar refractivity (Wildman–Crippen MR) is 67.2 cm³/mol. The van der Waals surface area contributed by atoms with E-state index in [1.165, 1.54) is 11.3 Å². The average Bonchev–Trinajstić information content (AvgIpc) is 2.63. The third kappa shape index (κ3) is 3.06. The van der Waals surface area contributed by atoms with Gasteiger partial charge >= 0.3 is 0 Å². The third-order valence-electron chi connectivity index (χ3n) is 2.80. The number of amides is 2. The van der Waals surface area contributed by atoms with E-state index in [0.29, 0.717) is 11.4 Å². The van der Waals surface area contributed by atoms with E-state index in [4.69, 9.17) is 0 Å². The molecule has 1 aliphatic heterocycles. The Morgan fingerprint density at radius 2 is 2.29 bits per heavy atom. The molecule has 5 heteroatoms. The first-order chi connectivity index (χ1) is 8.16. The Morgan fingerprint density at radius 1 is 1.47 bits per heavy atom. The van der Waals surface area contributed by atoms with Crippen LogP contribution in [-0.4, -0.2) is 24.4 Å². The molecule has 0 saturated carbocycles. The first kappa shape index (κ1) is 12.1. The summed E-state index contributed by atoms with van der Waals surface area (Å²) < 4.78 is 0. The van der Waals surface area contributed by atoms with Gasteiger partial charge in [-0.25, -0.2) is 0 Å². The molecule has 2 heterocycles. The summed E-state index contributed by atoms with van der Waals surface area (Å²) in [5, 5.41) is 5.60. The summed E-state index contributed by atoms with van der Waals surface area (Å²) in [4.78, 5) is 25.3. The Hall–Kier alpha value is -1.36. The van der Waals surface area contributed by atoms with Crippen molar-refractivity contribution in [3.05, 3.63) is 21.9 Å². The number of carbonyl (C=O) groups is 2. The molecule has 1 fully saturated rings. The fourth-order valence-corrected chi connectivity index (χ4v) is 2.63. The molecule has 0 bridgehead atoms. The molecule has 92 valence electrons. The minimum atomic E-state index is -0.382. The van der Waals surface area contributed by atoms with E-state index in [9.17, 15) is 9.59 Å². The number of thiophene rings is 1.